The highest BCUT2D eigenvalue weighted by molar-refractivity contribution is 6.00. The number of imide groups is 1. The maximum Gasteiger partial charge on any atom is 0.243 e. The van der Waals surface area contributed by atoms with Gasteiger partial charge in [-0.15, -0.1) is 0 Å². The zero-order valence-corrected chi connectivity index (χ0v) is 10.4. The Morgan fingerprint density at radius 2 is 2.17 bits per heavy atom. The monoisotopic (exact) mass is 256 g/mol. The molecule has 1 heterocycles. The highest BCUT2D eigenvalue weighted by Crippen LogP contribution is 2.28. The van der Waals surface area contributed by atoms with E-state index in [1.54, 1.807) is 0 Å². The molecule has 1 aliphatic carbocycles. The third-order valence-electron chi connectivity index (χ3n) is 3.20. The summed E-state index contributed by atoms with van der Waals surface area (Å²) in [6.45, 7) is 1.31. The Morgan fingerprint density at radius 3 is 2.83 bits per heavy atom. The van der Waals surface area contributed by atoms with Gasteiger partial charge in [-0.1, -0.05) is 0 Å². The van der Waals surface area contributed by atoms with Crippen LogP contribution in [0.4, 0.5) is 0 Å². The van der Waals surface area contributed by atoms with Crippen LogP contribution < -0.4 is 10.6 Å². The Bertz CT molecular complexity index is 317. The maximum absolute atomic E-state index is 11.4. The van der Waals surface area contributed by atoms with Crippen molar-refractivity contribution < 1.29 is 19.4 Å². The second kappa shape index (κ2) is 6.26. The average molecular weight is 256 g/mol. The first-order valence-electron chi connectivity index (χ1n) is 6.48. The molecule has 3 N–H and O–H groups in total. The molecule has 6 nitrogen and oxygen atoms in total. The van der Waals surface area contributed by atoms with E-state index in [1.165, 1.54) is 12.8 Å². The Balaban J connectivity index is 1.57. The van der Waals surface area contributed by atoms with Gasteiger partial charge in [-0.25, -0.2) is 0 Å². The Morgan fingerprint density at radius 1 is 1.39 bits per heavy atom. The predicted molar refractivity (Wildman–Crippen MR) is 63.7 cm³/mol. The van der Waals surface area contributed by atoms with E-state index in [2.05, 4.69) is 10.6 Å². The van der Waals surface area contributed by atoms with Gasteiger partial charge in [0.1, 0.15) is 0 Å². The molecule has 2 rings (SSSR count). The zero-order chi connectivity index (χ0) is 13.0. The Hall–Kier alpha value is -0.980. The van der Waals surface area contributed by atoms with Gasteiger partial charge in [-0.2, -0.15) is 0 Å². The second-order valence-corrected chi connectivity index (χ2v) is 5.05. The lowest BCUT2D eigenvalue weighted by molar-refractivity contribution is -0.134. The van der Waals surface area contributed by atoms with Gasteiger partial charge >= 0.3 is 0 Å². The summed E-state index contributed by atoms with van der Waals surface area (Å²) in [5.74, 6) is 0.143. The first kappa shape index (κ1) is 13.5. The first-order chi connectivity index (χ1) is 8.65. The van der Waals surface area contributed by atoms with E-state index in [0.717, 1.165) is 6.61 Å². The quantitative estimate of drug-likeness (QED) is 0.517. The van der Waals surface area contributed by atoms with Gasteiger partial charge in [0.15, 0.2) is 0 Å². The number of carbonyl (C=O) groups excluding carboxylic acids is 2. The van der Waals surface area contributed by atoms with Crippen molar-refractivity contribution in [3.8, 4) is 0 Å². The van der Waals surface area contributed by atoms with Crippen LogP contribution in [-0.2, 0) is 14.3 Å². The van der Waals surface area contributed by atoms with E-state index >= 15 is 0 Å². The molecule has 2 aliphatic rings. The average Bonchev–Trinajstić information content (AvgIpc) is 3.12. The van der Waals surface area contributed by atoms with Gasteiger partial charge in [-0.05, 0) is 25.2 Å². The fraction of sp³-hybridized carbons (Fsp3) is 0.833. The van der Waals surface area contributed by atoms with Gasteiger partial charge in [0.2, 0.25) is 11.8 Å². The SMILES string of the molecule is O=C1CCC(NCC(O)COCC2CC2)C(=O)N1. The van der Waals surface area contributed by atoms with Crippen LogP contribution in [0.2, 0.25) is 0 Å². The molecule has 0 aromatic rings. The molecule has 0 aromatic carbocycles. The fourth-order valence-corrected chi connectivity index (χ4v) is 1.88. The van der Waals surface area contributed by atoms with Crippen LogP contribution in [0.1, 0.15) is 25.7 Å². The molecule has 0 radical (unpaired) electrons. The van der Waals surface area contributed by atoms with Crippen molar-refractivity contribution in [2.45, 2.75) is 37.8 Å². The third kappa shape index (κ3) is 4.36. The predicted octanol–water partition coefficient (Wildman–Crippen LogP) is -0.831. The zero-order valence-electron chi connectivity index (χ0n) is 10.4. The Kier molecular flexibility index (Phi) is 4.68. The van der Waals surface area contributed by atoms with Gasteiger partial charge in [0.05, 0.1) is 18.8 Å². The van der Waals surface area contributed by atoms with Crippen molar-refractivity contribution in [2.75, 3.05) is 19.8 Å². The highest BCUT2D eigenvalue weighted by atomic mass is 16.5. The molecular weight excluding hydrogens is 236 g/mol. The van der Waals surface area contributed by atoms with E-state index in [4.69, 9.17) is 4.74 Å². The number of hydrogen-bond donors (Lipinski definition) is 3. The molecule has 2 fully saturated rings. The summed E-state index contributed by atoms with van der Waals surface area (Å²) in [7, 11) is 0. The molecule has 0 spiro atoms. The van der Waals surface area contributed by atoms with Gasteiger partial charge in [0.25, 0.3) is 0 Å². The first-order valence-corrected chi connectivity index (χ1v) is 6.48. The summed E-state index contributed by atoms with van der Waals surface area (Å²) < 4.78 is 5.36. The number of aliphatic hydroxyl groups excluding tert-OH is 1. The van der Waals surface area contributed by atoms with E-state index in [9.17, 15) is 14.7 Å². The fourth-order valence-electron chi connectivity index (χ4n) is 1.88. The van der Waals surface area contributed by atoms with E-state index < -0.39 is 6.10 Å². The summed E-state index contributed by atoms with van der Waals surface area (Å²) in [6, 6.07) is -0.388. The van der Waals surface area contributed by atoms with Gasteiger partial charge in [-0.3, -0.25) is 14.9 Å². The van der Waals surface area contributed by atoms with Crippen molar-refractivity contribution in [3.63, 3.8) is 0 Å². The standard InChI is InChI=1S/C12H20N2O4/c15-9(7-18-6-8-1-2-8)5-13-10-3-4-11(16)14-12(10)17/h8-10,13,15H,1-7H2,(H,14,16,17). The number of hydrogen-bond acceptors (Lipinski definition) is 5. The van der Waals surface area contributed by atoms with Crippen LogP contribution in [-0.4, -0.2) is 48.8 Å². The van der Waals surface area contributed by atoms with Crippen LogP contribution in [0.3, 0.4) is 0 Å². The molecule has 2 amide bonds. The molecule has 1 saturated carbocycles. The number of ether oxygens (including phenoxy) is 1. The van der Waals surface area contributed by atoms with E-state index in [-0.39, 0.29) is 24.5 Å². The minimum Gasteiger partial charge on any atom is -0.389 e. The van der Waals surface area contributed by atoms with Gasteiger partial charge in [0, 0.05) is 19.6 Å². The van der Waals surface area contributed by atoms with Gasteiger partial charge < -0.3 is 15.2 Å². The maximum atomic E-state index is 11.4. The molecule has 18 heavy (non-hydrogen) atoms. The van der Waals surface area contributed by atoms with Crippen molar-refractivity contribution in [1.82, 2.24) is 10.6 Å². The van der Waals surface area contributed by atoms with E-state index in [1.807, 2.05) is 0 Å². The summed E-state index contributed by atoms with van der Waals surface area (Å²) in [4.78, 5) is 22.4. The molecule has 2 unspecified atom stereocenters. The molecule has 1 saturated heterocycles. The van der Waals surface area contributed by atoms with Crippen LogP contribution in [0, 0.1) is 5.92 Å². The lowest BCUT2D eigenvalue weighted by Gasteiger charge is -2.23. The molecule has 6 heteroatoms. The normalized spacial score (nSPS) is 25.9. The molecule has 1 aliphatic heterocycles. The summed E-state index contributed by atoms with van der Waals surface area (Å²) in [6.07, 6.45) is 2.67. The molecule has 0 aromatic heterocycles. The van der Waals surface area contributed by atoms with E-state index in [0.29, 0.717) is 25.3 Å². The smallest absolute Gasteiger partial charge is 0.243 e. The lowest BCUT2D eigenvalue weighted by atomic mass is 10.1. The summed E-state index contributed by atoms with van der Waals surface area (Å²) in [5.41, 5.74) is 0. The molecule has 0 bridgehead atoms. The minimum atomic E-state index is -0.617. The van der Waals surface area contributed by atoms with Crippen molar-refractivity contribution in [2.24, 2.45) is 5.92 Å². The number of aliphatic hydroxyl groups is 1. The van der Waals surface area contributed by atoms with Crippen molar-refractivity contribution in [3.05, 3.63) is 0 Å². The van der Waals surface area contributed by atoms with Crippen molar-refractivity contribution >= 4 is 11.8 Å². The molecular formula is C12H20N2O4. The molecule has 102 valence electrons. The Labute approximate surface area is 106 Å². The topological polar surface area (TPSA) is 87.7 Å². The van der Waals surface area contributed by atoms with Crippen LogP contribution >= 0.6 is 0 Å². The summed E-state index contributed by atoms with van der Waals surface area (Å²) in [5, 5.41) is 14.9. The van der Waals surface area contributed by atoms with Crippen LogP contribution in [0.15, 0.2) is 0 Å². The molecule has 2 atom stereocenters. The second-order valence-electron chi connectivity index (χ2n) is 5.05. The number of nitrogens with one attached hydrogen (secondary N) is 2. The third-order valence-corrected chi connectivity index (χ3v) is 3.20. The number of amides is 2. The minimum absolute atomic E-state index is 0.230. The highest BCUT2D eigenvalue weighted by Gasteiger charge is 2.26. The number of carbonyl (C=O) groups is 2. The summed E-state index contributed by atoms with van der Waals surface area (Å²) >= 11 is 0. The largest absolute Gasteiger partial charge is 0.389 e. The van der Waals surface area contributed by atoms with Crippen LogP contribution in [0.25, 0.3) is 0 Å². The van der Waals surface area contributed by atoms with Crippen molar-refractivity contribution in [1.29, 1.82) is 0 Å². The van der Waals surface area contributed by atoms with Crippen LogP contribution in [0.5, 0.6) is 0 Å². The number of rotatable bonds is 7. The number of piperidine rings is 1. The lowest BCUT2D eigenvalue weighted by Crippen LogP contribution is -2.52.